The van der Waals surface area contributed by atoms with Crippen molar-refractivity contribution in [2.24, 2.45) is 0 Å². The summed E-state index contributed by atoms with van der Waals surface area (Å²) in [4.78, 5) is 20.9. The van der Waals surface area contributed by atoms with Gasteiger partial charge in [0.1, 0.15) is 0 Å². The smallest absolute Gasteiger partial charge is 0.239 e. The van der Waals surface area contributed by atoms with Gasteiger partial charge in [0.25, 0.3) is 0 Å². The molecule has 0 spiro atoms. The summed E-state index contributed by atoms with van der Waals surface area (Å²) in [5, 5.41) is 6.55. The van der Waals surface area contributed by atoms with Gasteiger partial charge < -0.3 is 0 Å². The molecule has 0 fully saturated rings. The Balaban J connectivity index is 1.59. The molecule has 2 heterocycles. The van der Waals surface area contributed by atoms with Crippen molar-refractivity contribution in [3.05, 3.63) is 69.5 Å². The van der Waals surface area contributed by atoms with E-state index < -0.39 is 0 Å². The highest BCUT2D eigenvalue weighted by Gasteiger charge is 2.21. The number of halogens is 2. The first-order valence-corrected chi connectivity index (χ1v) is 12.6. The average Bonchev–Trinajstić information content (AvgIpc) is 3.30. The number of thioether (sulfide) groups is 1. The second-order valence-corrected chi connectivity index (χ2v) is 10.4. The molecular weight excluding hydrogens is 483 g/mol. The lowest BCUT2D eigenvalue weighted by molar-refractivity contribution is -0.116. The lowest BCUT2D eigenvalue weighted by atomic mass is 10.2. The molecule has 0 N–H and O–H groups in total. The van der Waals surface area contributed by atoms with Crippen molar-refractivity contribution in [2.45, 2.75) is 32.2 Å². The van der Waals surface area contributed by atoms with Gasteiger partial charge in [-0.15, -0.1) is 11.8 Å². The van der Waals surface area contributed by atoms with Gasteiger partial charge in [-0.2, -0.15) is 5.10 Å². The molecule has 0 bridgehead atoms. The fourth-order valence-corrected chi connectivity index (χ4v) is 5.80. The van der Waals surface area contributed by atoms with E-state index in [2.05, 4.69) is 5.10 Å². The van der Waals surface area contributed by atoms with Crippen molar-refractivity contribution in [2.75, 3.05) is 17.2 Å². The van der Waals surface area contributed by atoms with Crippen LogP contribution in [0.15, 0.2) is 47.4 Å². The van der Waals surface area contributed by atoms with Gasteiger partial charge in [-0.25, -0.2) is 4.98 Å². The maximum absolute atomic E-state index is 13.3. The first-order valence-electron chi connectivity index (χ1n) is 10.1. The first-order chi connectivity index (χ1) is 15.3. The average molecular weight is 505 g/mol. The number of fused-ring (bicyclic) bond motifs is 1. The van der Waals surface area contributed by atoms with E-state index in [-0.39, 0.29) is 5.91 Å². The molecule has 0 aliphatic heterocycles. The molecule has 4 rings (SSSR count). The minimum atomic E-state index is -0.00529. The Kier molecular flexibility index (Phi) is 7.10. The number of benzene rings is 2. The zero-order valence-electron chi connectivity index (χ0n) is 17.9. The van der Waals surface area contributed by atoms with E-state index in [4.69, 9.17) is 28.2 Å². The lowest BCUT2D eigenvalue weighted by Gasteiger charge is -2.20. The topological polar surface area (TPSA) is 51.0 Å². The fraction of sp³-hybridized carbons (Fsp3) is 0.261. The second-order valence-electron chi connectivity index (χ2n) is 7.50. The maximum atomic E-state index is 13.3. The van der Waals surface area contributed by atoms with E-state index in [1.807, 2.05) is 67.9 Å². The van der Waals surface area contributed by atoms with Gasteiger partial charge in [-0.05, 0) is 68.8 Å². The summed E-state index contributed by atoms with van der Waals surface area (Å²) in [6.45, 7) is 7.04. The van der Waals surface area contributed by atoms with Crippen molar-refractivity contribution < 1.29 is 4.79 Å². The molecule has 5 nitrogen and oxygen atoms in total. The summed E-state index contributed by atoms with van der Waals surface area (Å²) < 4.78 is 2.90. The molecule has 166 valence electrons. The molecular formula is C23H22Cl2N4OS2. The number of amides is 1. The van der Waals surface area contributed by atoms with Gasteiger partial charge in [-0.3, -0.25) is 14.4 Å². The van der Waals surface area contributed by atoms with Crippen molar-refractivity contribution in [3.8, 4) is 0 Å². The number of nitrogens with zero attached hydrogens (tertiary/aromatic N) is 4. The summed E-state index contributed by atoms with van der Waals surface area (Å²) in [6, 6.07) is 13.3. The number of carbonyl (C=O) groups excluding carboxylic acids is 1. The van der Waals surface area contributed by atoms with E-state index >= 15 is 0 Å². The minimum absolute atomic E-state index is 0.00529. The largest absolute Gasteiger partial charge is 0.285 e. The van der Waals surface area contributed by atoms with Crippen LogP contribution in [-0.2, 0) is 11.3 Å². The predicted molar refractivity (Wildman–Crippen MR) is 136 cm³/mol. The molecule has 32 heavy (non-hydrogen) atoms. The fourth-order valence-electron chi connectivity index (χ4n) is 3.43. The number of aryl methyl sites for hydroxylation is 3. The Hall–Kier alpha value is -2.06. The number of rotatable bonds is 7. The molecule has 2 aromatic heterocycles. The highest BCUT2D eigenvalue weighted by Crippen LogP contribution is 2.33. The zero-order chi connectivity index (χ0) is 22.8. The first kappa shape index (κ1) is 23.1. The molecule has 0 atom stereocenters. The van der Waals surface area contributed by atoms with Crippen LogP contribution >= 0.6 is 46.3 Å². The zero-order valence-corrected chi connectivity index (χ0v) is 21.1. The van der Waals surface area contributed by atoms with E-state index in [9.17, 15) is 4.79 Å². The van der Waals surface area contributed by atoms with Crippen molar-refractivity contribution in [3.63, 3.8) is 0 Å². The quantitative estimate of drug-likeness (QED) is 0.267. The summed E-state index contributed by atoms with van der Waals surface area (Å²) >= 11 is 15.2. The number of hydrogen-bond acceptors (Lipinski definition) is 5. The molecule has 4 aromatic rings. The van der Waals surface area contributed by atoms with Gasteiger partial charge in [0, 0.05) is 27.2 Å². The molecule has 0 aliphatic carbocycles. The Morgan fingerprint density at radius 2 is 1.84 bits per heavy atom. The standard InChI is InChI=1S/C23H22Cl2N4OS2/c1-14-10-18(25)12-20-22(14)26-23(32-20)28(8-9-29-16(3)11-15(2)27-29)21(30)13-31-19-6-4-17(24)5-7-19/h4-7,10-12H,8-9,13H2,1-3H3. The summed E-state index contributed by atoms with van der Waals surface area (Å²) in [7, 11) is 0. The van der Waals surface area contributed by atoms with Gasteiger partial charge in [0.15, 0.2) is 5.13 Å². The van der Waals surface area contributed by atoms with Gasteiger partial charge >= 0.3 is 0 Å². The minimum Gasteiger partial charge on any atom is -0.285 e. The number of thiazole rings is 1. The monoisotopic (exact) mass is 504 g/mol. The van der Waals surface area contributed by atoms with Gasteiger partial charge in [0.2, 0.25) is 5.91 Å². The van der Waals surface area contributed by atoms with Gasteiger partial charge in [0.05, 0.1) is 28.2 Å². The van der Waals surface area contributed by atoms with Crippen molar-refractivity contribution in [1.82, 2.24) is 14.8 Å². The second kappa shape index (κ2) is 9.83. The molecule has 0 unspecified atom stereocenters. The Morgan fingerprint density at radius 1 is 1.09 bits per heavy atom. The molecule has 0 radical (unpaired) electrons. The maximum Gasteiger partial charge on any atom is 0.239 e. The SMILES string of the molecule is Cc1cc(C)n(CCN(C(=O)CSc2ccc(Cl)cc2)c2nc3c(C)cc(Cl)cc3s2)n1. The summed E-state index contributed by atoms with van der Waals surface area (Å²) in [6.07, 6.45) is 0. The van der Waals surface area contributed by atoms with E-state index in [1.165, 1.54) is 23.1 Å². The molecule has 1 amide bonds. The summed E-state index contributed by atoms with van der Waals surface area (Å²) in [5.74, 6) is 0.295. The van der Waals surface area contributed by atoms with Crippen LogP contribution in [0.2, 0.25) is 10.0 Å². The number of aromatic nitrogens is 3. The van der Waals surface area contributed by atoms with E-state index in [1.54, 1.807) is 4.90 Å². The van der Waals surface area contributed by atoms with Crippen LogP contribution in [0.25, 0.3) is 10.2 Å². The molecule has 0 aliphatic rings. The Morgan fingerprint density at radius 3 is 2.53 bits per heavy atom. The summed E-state index contributed by atoms with van der Waals surface area (Å²) in [5.41, 5.74) is 3.90. The van der Waals surface area contributed by atoms with Crippen LogP contribution in [0.3, 0.4) is 0 Å². The van der Waals surface area contributed by atoms with Crippen LogP contribution in [0.1, 0.15) is 17.0 Å². The van der Waals surface area contributed by atoms with Gasteiger partial charge in [-0.1, -0.05) is 34.5 Å². The molecule has 0 saturated carbocycles. The molecule has 9 heteroatoms. The normalized spacial score (nSPS) is 11.3. The highest BCUT2D eigenvalue weighted by atomic mass is 35.5. The van der Waals surface area contributed by atoms with Crippen LogP contribution in [0.5, 0.6) is 0 Å². The van der Waals surface area contributed by atoms with Crippen molar-refractivity contribution >= 4 is 67.6 Å². The van der Waals surface area contributed by atoms with Crippen LogP contribution in [0, 0.1) is 20.8 Å². The molecule has 2 aromatic carbocycles. The number of hydrogen-bond donors (Lipinski definition) is 0. The third kappa shape index (κ3) is 5.29. The lowest BCUT2D eigenvalue weighted by Crippen LogP contribution is -2.35. The van der Waals surface area contributed by atoms with Crippen molar-refractivity contribution in [1.29, 1.82) is 0 Å². The van der Waals surface area contributed by atoms with Crippen LogP contribution in [-0.4, -0.2) is 33.0 Å². The Labute approximate surface area is 205 Å². The van der Waals surface area contributed by atoms with E-state index in [0.29, 0.717) is 34.0 Å². The predicted octanol–water partition coefficient (Wildman–Crippen LogP) is 6.55. The molecule has 0 saturated heterocycles. The number of anilines is 1. The number of carbonyl (C=O) groups is 1. The third-order valence-corrected chi connectivity index (χ3v) is 7.48. The highest BCUT2D eigenvalue weighted by molar-refractivity contribution is 8.00. The Bertz CT molecular complexity index is 1270. The third-order valence-electron chi connectivity index (χ3n) is 4.99. The van der Waals surface area contributed by atoms with Crippen LogP contribution < -0.4 is 4.90 Å². The van der Waals surface area contributed by atoms with Crippen LogP contribution in [0.4, 0.5) is 5.13 Å². The van der Waals surface area contributed by atoms with E-state index in [0.717, 1.165) is 32.1 Å².